The third kappa shape index (κ3) is 3.38. The molecule has 2 aromatic carbocycles. The van der Waals surface area contributed by atoms with E-state index in [1.165, 1.54) is 24.3 Å². The molecule has 0 fully saturated rings. The highest BCUT2D eigenvalue weighted by atomic mass is 16.3. The minimum absolute atomic E-state index is 0.264. The van der Waals surface area contributed by atoms with Crippen molar-refractivity contribution in [2.75, 3.05) is 0 Å². The van der Waals surface area contributed by atoms with E-state index in [4.69, 9.17) is 30.6 Å². The van der Waals surface area contributed by atoms with Gasteiger partial charge in [-0.15, -0.1) is 0 Å². The Bertz CT molecular complexity index is 571. The quantitative estimate of drug-likeness (QED) is 0.411. The average Bonchev–Trinajstić information content (AvgIpc) is 2.39. The maximum atomic E-state index is 8.98. The molecule has 0 aromatic heterocycles. The van der Waals surface area contributed by atoms with Gasteiger partial charge >= 0.3 is 0 Å². The van der Waals surface area contributed by atoms with Crippen LogP contribution in [-0.4, -0.2) is 30.6 Å². The van der Waals surface area contributed by atoms with E-state index in [-0.39, 0.29) is 23.0 Å². The number of benzene rings is 2. The largest absolute Gasteiger partial charge is 0.504 e. The van der Waals surface area contributed by atoms with Gasteiger partial charge in [0.1, 0.15) is 0 Å². The second kappa shape index (κ2) is 5.92. The van der Waals surface area contributed by atoms with Crippen LogP contribution in [0.4, 0.5) is 0 Å². The number of aromatic hydroxyl groups is 6. The fraction of sp³-hybridized carbons (Fsp3) is 0.143. The summed E-state index contributed by atoms with van der Waals surface area (Å²) in [5.74, 6) is -2.08. The Morgan fingerprint density at radius 1 is 0.600 bits per heavy atom. The Morgan fingerprint density at radius 3 is 1.55 bits per heavy atom. The molecular weight excluding hydrogens is 264 g/mol. The lowest BCUT2D eigenvalue weighted by Gasteiger charge is -2.01. The monoisotopic (exact) mass is 280 g/mol. The fourth-order valence-corrected chi connectivity index (χ4v) is 1.41. The van der Waals surface area contributed by atoms with Crippen molar-refractivity contribution in [1.82, 2.24) is 0 Å². The van der Waals surface area contributed by atoms with Gasteiger partial charge in [-0.25, -0.2) is 0 Å². The van der Waals surface area contributed by atoms with Crippen LogP contribution >= 0.6 is 0 Å². The zero-order valence-electron chi connectivity index (χ0n) is 11.0. The van der Waals surface area contributed by atoms with Crippen LogP contribution in [0.1, 0.15) is 11.1 Å². The summed E-state index contributed by atoms with van der Waals surface area (Å²) in [5.41, 5.74) is 1.24. The highest BCUT2D eigenvalue weighted by Crippen LogP contribution is 2.36. The highest BCUT2D eigenvalue weighted by Gasteiger charge is 2.06. The van der Waals surface area contributed by atoms with E-state index in [2.05, 4.69) is 0 Å². The summed E-state index contributed by atoms with van der Waals surface area (Å²) in [6.45, 7) is 3.34. The molecule has 6 N–H and O–H groups in total. The van der Waals surface area contributed by atoms with E-state index in [0.29, 0.717) is 11.1 Å². The van der Waals surface area contributed by atoms with Crippen LogP contribution in [0.15, 0.2) is 24.3 Å². The minimum atomic E-state index is -0.467. The molecule has 0 aliphatic heterocycles. The molecule has 0 saturated carbocycles. The predicted octanol–water partition coefficient (Wildman–Crippen LogP) is 2.22. The zero-order valence-corrected chi connectivity index (χ0v) is 11.0. The molecule has 0 bridgehead atoms. The lowest BCUT2D eigenvalue weighted by molar-refractivity contribution is 0.366. The van der Waals surface area contributed by atoms with Gasteiger partial charge in [-0.05, 0) is 43.2 Å². The maximum Gasteiger partial charge on any atom is 0.200 e. The van der Waals surface area contributed by atoms with Crippen molar-refractivity contribution in [2.24, 2.45) is 0 Å². The first-order valence-corrected chi connectivity index (χ1v) is 5.66. The van der Waals surface area contributed by atoms with Crippen LogP contribution in [0.5, 0.6) is 34.5 Å². The van der Waals surface area contributed by atoms with Crippen LogP contribution in [0.3, 0.4) is 0 Å². The summed E-state index contributed by atoms with van der Waals surface area (Å²) in [4.78, 5) is 0. The Balaban J connectivity index is 0.000000200. The topological polar surface area (TPSA) is 121 Å². The molecule has 0 aliphatic rings. The molecule has 6 nitrogen and oxygen atoms in total. The van der Waals surface area contributed by atoms with Crippen molar-refractivity contribution < 1.29 is 30.6 Å². The summed E-state index contributed by atoms with van der Waals surface area (Å²) < 4.78 is 0. The number of hydrogen-bond donors (Lipinski definition) is 6. The molecular formula is C14H16O6. The number of phenolic OH excluding ortho intramolecular Hbond substituents is 6. The highest BCUT2D eigenvalue weighted by molar-refractivity contribution is 5.52. The second-order valence-electron chi connectivity index (χ2n) is 4.25. The van der Waals surface area contributed by atoms with Crippen molar-refractivity contribution in [3.05, 3.63) is 35.4 Å². The van der Waals surface area contributed by atoms with E-state index >= 15 is 0 Å². The molecule has 0 heterocycles. The van der Waals surface area contributed by atoms with Gasteiger partial charge in [-0.2, -0.15) is 0 Å². The molecule has 20 heavy (non-hydrogen) atoms. The molecule has 2 rings (SSSR count). The van der Waals surface area contributed by atoms with Gasteiger partial charge in [-0.3, -0.25) is 0 Å². The van der Waals surface area contributed by atoms with E-state index in [1.807, 2.05) is 0 Å². The normalized spacial score (nSPS) is 9.70. The standard InChI is InChI=1S/2C7H8O3/c1-4-2-5(8)7(10)6(9)3-4;1-4-2-3-5(8)7(10)6(4)9/h2*2-3,8-10H,1H3. The SMILES string of the molecule is Cc1cc(O)c(O)c(O)c1.Cc1ccc(O)c(O)c1O. The maximum absolute atomic E-state index is 8.98. The van der Waals surface area contributed by atoms with Gasteiger partial charge in [0.2, 0.25) is 5.75 Å². The smallest absolute Gasteiger partial charge is 0.200 e. The van der Waals surface area contributed by atoms with Crippen molar-refractivity contribution in [3.63, 3.8) is 0 Å². The summed E-state index contributed by atoms with van der Waals surface area (Å²) in [6, 6.07) is 5.58. The first-order valence-electron chi connectivity index (χ1n) is 5.66. The Kier molecular flexibility index (Phi) is 4.53. The van der Waals surface area contributed by atoms with Crippen LogP contribution in [0, 0.1) is 13.8 Å². The van der Waals surface area contributed by atoms with Gasteiger partial charge in [-0.1, -0.05) is 6.07 Å². The van der Waals surface area contributed by atoms with E-state index in [9.17, 15) is 0 Å². The first kappa shape index (κ1) is 15.3. The van der Waals surface area contributed by atoms with Crippen LogP contribution in [0.2, 0.25) is 0 Å². The average molecular weight is 280 g/mol. The molecule has 0 spiro atoms. The lowest BCUT2D eigenvalue weighted by atomic mass is 10.2. The van der Waals surface area contributed by atoms with Gasteiger partial charge < -0.3 is 30.6 Å². The van der Waals surface area contributed by atoms with Gasteiger partial charge in [0.05, 0.1) is 0 Å². The van der Waals surface area contributed by atoms with E-state index in [1.54, 1.807) is 13.8 Å². The first-order chi connectivity index (χ1) is 9.23. The Labute approximate surface area is 115 Å². The van der Waals surface area contributed by atoms with Crippen LogP contribution in [-0.2, 0) is 0 Å². The number of phenols is 6. The molecule has 0 atom stereocenters. The minimum Gasteiger partial charge on any atom is -0.504 e. The number of hydrogen-bond acceptors (Lipinski definition) is 6. The molecule has 0 amide bonds. The molecule has 0 saturated heterocycles. The number of aryl methyl sites for hydroxylation is 2. The van der Waals surface area contributed by atoms with Crippen molar-refractivity contribution in [1.29, 1.82) is 0 Å². The molecule has 0 radical (unpaired) electrons. The molecule has 108 valence electrons. The Hall–Kier alpha value is -2.76. The van der Waals surface area contributed by atoms with Gasteiger partial charge in [0, 0.05) is 0 Å². The van der Waals surface area contributed by atoms with E-state index < -0.39 is 11.5 Å². The van der Waals surface area contributed by atoms with Gasteiger partial charge in [0.15, 0.2) is 28.7 Å². The molecule has 2 aromatic rings. The van der Waals surface area contributed by atoms with Gasteiger partial charge in [0.25, 0.3) is 0 Å². The molecule has 0 aliphatic carbocycles. The van der Waals surface area contributed by atoms with E-state index in [0.717, 1.165) is 0 Å². The molecule has 0 unspecified atom stereocenters. The third-order valence-corrected chi connectivity index (χ3v) is 2.55. The van der Waals surface area contributed by atoms with Crippen molar-refractivity contribution in [3.8, 4) is 34.5 Å². The number of rotatable bonds is 0. The van der Waals surface area contributed by atoms with Crippen molar-refractivity contribution >= 4 is 0 Å². The fourth-order valence-electron chi connectivity index (χ4n) is 1.41. The summed E-state index contributed by atoms with van der Waals surface area (Å²) >= 11 is 0. The summed E-state index contributed by atoms with van der Waals surface area (Å²) in [5, 5.41) is 53.3. The predicted molar refractivity (Wildman–Crippen MR) is 72.3 cm³/mol. The summed E-state index contributed by atoms with van der Waals surface area (Å²) in [7, 11) is 0. The van der Waals surface area contributed by atoms with Crippen molar-refractivity contribution in [2.45, 2.75) is 13.8 Å². The molecule has 6 heteroatoms. The zero-order chi connectivity index (χ0) is 15.4. The Morgan fingerprint density at radius 2 is 1.10 bits per heavy atom. The second-order valence-corrected chi connectivity index (χ2v) is 4.25. The third-order valence-electron chi connectivity index (χ3n) is 2.55. The summed E-state index contributed by atoms with van der Waals surface area (Å²) in [6.07, 6.45) is 0. The van der Waals surface area contributed by atoms with Crippen LogP contribution < -0.4 is 0 Å². The lowest BCUT2D eigenvalue weighted by Crippen LogP contribution is -1.75. The van der Waals surface area contributed by atoms with Crippen LogP contribution in [0.25, 0.3) is 0 Å².